The molecule has 17 heavy (non-hydrogen) atoms. The van der Waals surface area contributed by atoms with E-state index in [4.69, 9.17) is 5.73 Å². The smallest absolute Gasteiger partial charge is 0.193 e. The molecule has 1 rings (SSSR count). The normalized spacial score (nSPS) is 12.6. The molecule has 3 nitrogen and oxygen atoms in total. The number of nitrogens with one attached hydrogen (secondary N) is 1. The zero-order valence-corrected chi connectivity index (χ0v) is 11.5. The number of aryl methyl sites for hydroxylation is 2. The molecule has 1 aromatic rings. The van der Waals surface area contributed by atoms with Crippen LogP contribution in [0.4, 0.5) is 5.69 Å². The first-order valence-corrected chi connectivity index (χ1v) is 6.03. The Bertz CT molecular complexity index is 414. The number of hydrogen-bond acceptors (Lipinski definition) is 1. The monoisotopic (exact) mass is 233 g/mol. The van der Waals surface area contributed by atoms with Crippen molar-refractivity contribution in [3.05, 3.63) is 29.3 Å². The maximum Gasteiger partial charge on any atom is 0.193 e. The molecule has 94 valence electrons. The summed E-state index contributed by atoms with van der Waals surface area (Å²) in [5.74, 6) is 0.459. The van der Waals surface area contributed by atoms with Crippen molar-refractivity contribution >= 4 is 11.6 Å². The fraction of sp³-hybridized carbons (Fsp3) is 0.500. The van der Waals surface area contributed by atoms with Crippen LogP contribution in [-0.4, -0.2) is 11.5 Å². The highest BCUT2D eigenvalue weighted by Gasteiger charge is 2.08. The summed E-state index contributed by atoms with van der Waals surface area (Å²) in [6.07, 6.45) is 1.05. The molecular weight excluding hydrogens is 210 g/mol. The molecule has 0 saturated heterocycles. The number of anilines is 1. The maximum absolute atomic E-state index is 5.85. The third-order valence-electron chi connectivity index (χ3n) is 2.45. The predicted octanol–water partition coefficient (Wildman–Crippen LogP) is 3.08. The van der Waals surface area contributed by atoms with Gasteiger partial charge in [-0.2, -0.15) is 0 Å². The second kappa shape index (κ2) is 5.21. The molecule has 3 N–H and O–H groups in total. The Kier molecular flexibility index (Phi) is 4.16. The number of hydrogen-bond donors (Lipinski definition) is 2. The highest BCUT2D eigenvalue weighted by atomic mass is 15.1. The van der Waals surface area contributed by atoms with E-state index in [9.17, 15) is 0 Å². The Labute approximate surface area is 104 Å². The van der Waals surface area contributed by atoms with Gasteiger partial charge >= 0.3 is 0 Å². The Hall–Kier alpha value is -1.51. The minimum absolute atomic E-state index is 0.157. The lowest BCUT2D eigenvalue weighted by Crippen LogP contribution is -2.27. The summed E-state index contributed by atoms with van der Waals surface area (Å²) in [4.78, 5) is 4.36. The molecule has 0 bridgehead atoms. The fourth-order valence-corrected chi connectivity index (χ4v) is 1.71. The first-order valence-electron chi connectivity index (χ1n) is 6.03. The summed E-state index contributed by atoms with van der Waals surface area (Å²) >= 11 is 0. The van der Waals surface area contributed by atoms with E-state index >= 15 is 0 Å². The topological polar surface area (TPSA) is 50.4 Å². The van der Waals surface area contributed by atoms with Gasteiger partial charge in [-0.3, -0.25) is 0 Å². The van der Waals surface area contributed by atoms with E-state index < -0.39 is 0 Å². The average molecular weight is 233 g/mol. The number of nitrogens with two attached hydrogens (primary N) is 1. The molecule has 0 aliphatic heterocycles. The van der Waals surface area contributed by atoms with Crippen LogP contribution in [-0.2, 0) is 6.42 Å². The van der Waals surface area contributed by atoms with E-state index in [0.717, 1.165) is 12.1 Å². The van der Waals surface area contributed by atoms with E-state index in [2.05, 4.69) is 36.3 Å². The molecule has 1 aromatic carbocycles. The Balaban J connectivity index is 2.83. The van der Waals surface area contributed by atoms with Gasteiger partial charge < -0.3 is 11.1 Å². The molecule has 0 spiro atoms. The van der Waals surface area contributed by atoms with E-state index in [1.165, 1.54) is 11.1 Å². The quantitative estimate of drug-likeness (QED) is 0.609. The van der Waals surface area contributed by atoms with Gasteiger partial charge in [-0.05, 0) is 57.4 Å². The summed E-state index contributed by atoms with van der Waals surface area (Å²) in [6, 6.07) is 6.27. The molecule has 0 aliphatic carbocycles. The zero-order valence-electron chi connectivity index (χ0n) is 11.5. The first-order chi connectivity index (χ1) is 7.81. The van der Waals surface area contributed by atoms with Crippen LogP contribution in [0, 0.1) is 6.92 Å². The molecule has 0 saturated carbocycles. The second-order valence-electron chi connectivity index (χ2n) is 5.29. The van der Waals surface area contributed by atoms with Gasteiger partial charge in [-0.1, -0.05) is 13.0 Å². The van der Waals surface area contributed by atoms with Crippen LogP contribution in [0.25, 0.3) is 0 Å². The van der Waals surface area contributed by atoms with Crippen LogP contribution >= 0.6 is 0 Å². The molecule has 0 aliphatic rings. The predicted molar refractivity (Wildman–Crippen MR) is 75.6 cm³/mol. The van der Waals surface area contributed by atoms with Crippen molar-refractivity contribution in [1.29, 1.82) is 0 Å². The first kappa shape index (κ1) is 13.6. The van der Waals surface area contributed by atoms with Crippen molar-refractivity contribution in [1.82, 2.24) is 0 Å². The third kappa shape index (κ3) is 4.47. The molecular formula is C14H23N3. The summed E-state index contributed by atoms with van der Waals surface area (Å²) in [6.45, 7) is 10.3. The second-order valence-corrected chi connectivity index (χ2v) is 5.29. The molecule has 0 unspecified atom stereocenters. The van der Waals surface area contributed by atoms with Crippen molar-refractivity contribution in [3.8, 4) is 0 Å². The molecule has 0 radical (unpaired) electrons. The van der Waals surface area contributed by atoms with E-state index in [1.807, 2.05) is 26.8 Å². The Morgan fingerprint density at radius 1 is 1.35 bits per heavy atom. The molecule has 0 amide bonds. The van der Waals surface area contributed by atoms with E-state index in [0.29, 0.717) is 5.96 Å². The summed E-state index contributed by atoms with van der Waals surface area (Å²) in [7, 11) is 0. The standard InChI is InChI=1S/C14H23N3/c1-6-11-7-8-12(9-10(11)2)16-13(15)17-14(3,4)5/h7-9H,6H2,1-5H3,(H3,15,16,17). The number of guanidine groups is 1. The Morgan fingerprint density at radius 2 is 2.00 bits per heavy atom. The van der Waals surface area contributed by atoms with Crippen LogP contribution in [0.3, 0.4) is 0 Å². The highest BCUT2D eigenvalue weighted by molar-refractivity contribution is 5.92. The van der Waals surface area contributed by atoms with Crippen LogP contribution < -0.4 is 11.1 Å². The largest absolute Gasteiger partial charge is 0.370 e. The third-order valence-corrected chi connectivity index (χ3v) is 2.45. The van der Waals surface area contributed by atoms with Gasteiger partial charge in [0.1, 0.15) is 0 Å². The number of aliphatic imine (C=N–C) groups is 1. The molecule has 3 heteroatoms. The van der Waals surface area contributed by atoms with Gasteiger partial charge in [0.2, 0.25) is 0 Å². The van der Waals surface area contributed by atoms with Crippen molar-refractivity contribution in [2.75, 3.05) is 5.32 Å². The summed E-state index contributed by atoms with van der Waals surface area (Å²) in [5.41, 5.74) is 9.33. The van der Waals surface area contributed by atoms with E-state index in [-0.39, 0.29) is 5.54 Å². The van der Waals surface area contributed by atoms with Crippen molar-refractivity contribution in [3.63, 3.8) is 0 Å². The molecule has 0 atom stereocenters. The molecule has 0 fully saturated rings. The summed E-state index contributed by atoms with van der Waals surface area (Å²) < 4.78 is 0. The Morgan fingerprint density at radius 3 is 2.47 bits per heavy atom. The molecule has 0 heterocycles. The van der Waals surface area contributed by atoms with Crippen LogP contribution in [0.2, 0.25) is 0 Å². The average Bonchev–Trinajstić information content (AvgIpc) is 2.14. The van der Waals surface area contributed by atoms with Gasteiger partial charge in [0, 0.05) is 5.69 Å². The van der Waals surface area contributed by atoms with E-state index in [1.54, 1.807) is 0 Å². The number of benzene rings is 1. The van der Waals surface area contributed by atoms with Crippen molar-refractivity contribution in [2.45, 2.75) is 46.6 Å². The molecule has 0 aromatic heterocycles. The van der Waals surface area contributed by atoms with Gasteiger partial charge in [-0.25, -0.2) is 4.99 Å². The van der Waals surface area contributed by atoms with Gasteiger partial charge in [0.15, 0.2) is 5.96 Å². The van der Waals surface area contributed by atoms with Crippen LogP contribution in [0.5, 0.6) is 0 Å². The van der Waals surface area contributed by atoms with Gasteiger partial charge in [0.05, 0.1) is 5.54 Å². The van der Waals surface area contributed by atoms with Crippen molar-refractivity contribution < 1.29 is 0 Å². The van der Waals surface area contributed by atoms with Crippen LogP contribution in [0.15, 0.2) is 23.2 Å². The maximum atomic E-state index is 5.85. The minimum Gasteiger partial charge on any atom is -0.370 e. The van der Waals surface area contributed by atoms with Gasteiger partial charge in [0.25, 0.3) is 0 Å². The lowest BCUT2D eigenvalue weighted by Gasteiger charge is -2.15. The zero-order chi connectivity index (χ0) is 13.1. The number of nitrogens with zero attached hydrogens (tertiary/aromatic N) is 1. The minimum atomic E-state index is -0.157. The number of rotatable bonds is 2. The lowest BCUT2D eigenvalue weighted by atomic mass is 10.1. The SMILES string of the molecule is CCc1ccc(NC(N)=NC(C)(C)C)cc1C. The van der Waals surface area contributed by atoms with Crippen molar-refractivity contribution in [2.24, 2.45) is 10.7 Å². The van der Waals surface area contributed by atoms with Gasteiger partial charge in [-0.15, -0.1) is 0 Å². The highest BCUT2D eigenvalue weighted by Crippen LogP contribution is 2.15. The summed E-state index contributed by atoms with van der Waals surface area (Å²) in [5, 5.41) is 3.12. The van der Waals surface area contributed by atoms with Crippen LogP contribution in [0.1, 0.15) is 38.8 Å². The fourth-order valence-electron chi connectivity index (χ4n) is 1.71. The lowest BCUT2D eigenvalue weighted by molar-refractivity contribution is 0.583.